The molecule has 0 unspecified atom stereocenters. The molecule has 3 rings (SSSR count). The second-order valence-electron chi connectivity index (χ2n) is 5.93. The molecule has 0 radical (unpaired) electrons. The minimum Gasteiger partial charge on any atom is -0.356 e. The highest BCUT2D eigenvalue weighted by Crippen LogP contribution is 2.23. The summed E-state index contributed by atoms with van der Waals surface area (Å²) in [5, 5.41) is 3.08. The minimum atomic E-state index is 0.249. The molecule has 0 aliphatic heterocycles. The summed E-state index contributed by atoms with van der Waals surface area (Å²) >= 11 is 0. The van der Waals surface area contributed by atoms with Crippen LogP contribution < -0.4 is 5.32 Å². The Morgan fingerprint density at radius 1 is 1.24 bits per heavy atom. The Labute approximate surface area is 125 Å². The summed E-state index contributed by atoms with van der Waals surface area (Å²) in [5.74, 6) is 1.51. The SMILES string of the molecule is O=C(NCCCc1nc2ccccc2[nH]1)C1CCCCC1. The molecule has 0 bridgehead atoms. The fraction of sp³-hybridized carbons (Fsp3) is 0.529. The Hall–Kier alpha value is -1.84. The second-order valence-corrected chi connectivity index (χ2v) is 5.93. The van der Waals surface area contributed by atoms with Gasteiger partial charge in [0.25, 0.3) is 0 Å². The molecule has 4 nitrogen and oxygen atoms in total. The van der Waals surface area contributed by atoms with E-state index >= 15 is 0 Å². The number of rotatable bonds is 5. The first-order valence-corrected chi connectivity index (χ1v) is 8.04. The van der Waals surface area contributed by atoms with Crippen LogP contribution in [-0.2, 0) is 11.2 Å². The van der Waals surface area contributed by atoms with Crippen LogP contribution in [0.15, 0.2) is 24.3 Å². The van der Waals surface area contributed by atoms with E-state index in [1.54, 1.807) is 0 Å². The zero-order valence-corrected chi connectivity index (χ0v) is 12.4. The lowest BCUT2D eigenvalue weighted by Crippen LogP contribution is -2.32. The summed E-state index contributed by atoms with van der Waals surface area (Å²) in [6.07, 6.45) is 7.63. The number of carbonyl (C=O) groups excluding carboxylic acids is 1. The van der Waals surface area contributed by atoms with Crippen LogP contribution >= 0.6 is 0 Å². The van der Waals surface area contributed by atoms with Gasteiger partial charge in [0.05, 0.1) is 11.0 Å². The van der Waals surface area contributed by atoms with E-state index in [1.165, 1.54) is 19.3 Å². The molecule has 2 aromatic rings. The Balaban J connectivity index is 1.42. The standard InChI is InChI=1S/C17H23N3O/c21-17(13-7-2-1-3-8-13)18-12-6-11-16-19-14-9-4-5-10-15(14)20-16/h4-5,9-10,13H,1-3,6-8,11-12H2,(H,18,21)(H,19,20). The number of imidazole rings is 1. The van der Waals surface area contributed by atoms with Crippen LogP contribution in [0.5, 0.6) is 0 Å². The molecule has 1 aliphatic rings. The Bertz CT molecular complexity index is 566. The highest BCUT2D eigenvalue weighted by Gasteiger charge is 2.20. The highest BCUT2D eigenvalue weighted by molar-refractivity contribution is 5.78. The number of hydrogen-bond donors (Lipinski definition) is 2. The van der Waals surface area contributed by atoms with Gasteiger partial charge in [-0.15, -0.1) is 0 Å². The fourth-order valence-corrected chi connectivity index (χ4v) is 3.10. The van der Waals surface area contributed by atoms with Gasteiger partial charge in [0, 0.05) is 18.9 Å². The highest BCUT2D eigenvalue weighted by atomic mass is 16.1. The Morgan fingerprint density at radius 3 is 2.86 bits per heavy atom. The number of aromatic amines is 1. The van der Waals surface area contributed by atoms with E-state index < -0.39 is 0 Å². The number of nitrogens with one attached hydrogen (secondary N) is 2. The molecule has 112 valence electrons. The predicted octanol–water partition coefficient (Wildman–Crippen LogP) is 3.19. The van der Waals surface area contributed by atoms with Crippen molar-refractivity contribution in [2.75, 3.05) is 6.54 Å². The molecule has 1 fully saturated rings. The van der Waals surface area contributed by atoms with Gasteiger partial charge in [0.1, 0.15) is 5.82 Å². The zero-order valence-electron chi connectivity index (χ0n) is 12.4. The number of nitrogens with zero attached hydrogens (tertiary/aromatic N) is 1. The van der Waals surface area contributed by atoms with Crippen molar-refractivity contribution in [3.63, 3.8) is 0 Å². The molecule has 4 heteroatoms. The molecule has 1 aromatic heterocycles. The monoisotopic (exact) mass is 285 g/mol. The van der Waals surface area contributed by atoms with Gasteiger partial charge in [-0.05, 0) is 31.4 Å². The van der Waals surface area contributed by atoms with E-state index in [2.05, 4.69) is 15.3 Å². The van der Waals surface area contributed by atoms with Crippen molar-refractivity contribution in [2.45, 2.75) is 44.9 Å². The van der Waals surface area contributed by atoms with E-state index in [0.29, 0.717) is 0 Å². The van der Waals surface area contributed by atoms with Crippen LogP contribution in [0, 0.1) is 5.92 Å². The normalized spacial score (nSPS) is 16.2. The maximum atomic E-state index is 12.0. The van der Waals surface area contributed by atoms with Gasteiger partial charge in [0.15, 0.2) is 0 Å². The van der Waals surface area contributed by atoms with Crippen molar-refractivity contribution in [2.24, 2.45) is 5.92 Å². The lowest BCUT2D eigenvalue weighted by molar-refractivity contribution is -0.125. The van der Waals surface area contributed by atoms with Crippen molar-refractivity contribution < 1.29 is 4.79 Å². The van der Waals surface area contributed by atoms with Gasteiger partial charge in [-0.1, -0.05) is 31.4 Å². The van der Waals surface area contributed by atoms with Gasteiger partial charge in [-0.3, -0.25) is 4.79 Å². The first-order valence-electron chi connectivity index (χ1n) is 8.04. The quantitative estimate of drug-likeness (QED) is 0.829. The van der Waals surface area contributed by atoms with E-state index in [9.17, 15) is 4.79 Å². The molecule has 1 amide bonds. The largest absolute Gasteiger partial charge is 0.356 e. The van der Waals surface area contributed by atoms with Crippen LogP contribution in [-0.4, -0.2) is 22.4 Å². The molecule has 1 aliphatic carbocycles. The summed E-state index contributed by atoms with van der Waals surface area (Å²) in [7, 11) is 0. The molecule has 21 heavy (non-hydrogen) atoms. The van der Waals surface area contributed by atoms with Crippen molar-refractivity contribution in [3.8, 4) is 0 Å². The summed E-state index contributed by atoms with van der Waals surface area (Å²) in [6, 6.07) is 8.06. The number of aromatic nitrogens is 2. The number of benzene rings is 1. The molecule has 0 atom stereocenters. The average Bonchev–Trinajstić information content (AvgIpc) is 2.95. The Morgan fingerprint density at radius 2 is 2.05 bits per heavy atom. The maximum Gasteiger partial charge on any atom is 0.223 e. The third kappa shape index (κ3) is 3.63. The lowest BCUT2D eigenvalue weighted by Gasteiger charge is -2.20. The zero-order chi connectivity index (χ0) is 14.5. The summed E-state index contributed by atoms with van der Waals surface area (Å²) in [5.41, 5.74) is 2.09. The molecule has 0 spiro atoms. The van der Waals surface area contributed by atoms with Crippen LogP contribution in [0.1, 0.15) is 44.3 Å². The van der Waals surface area contributed by atoms with Gasteiger partial charge >= 0.3 is 0 Å². The van der Waals surface area contributed by atoms with Gasteiger partial charge in [-0.25, -0.2) is 4.98 Å². The van der Waals surface area contributed by atoms with Crippen molar-refractivity contribution in [1.29, 1.82) is 0 Å². The Kier molecular flexibility index (Phi) is 4.53. The summed E-state index contributed by atoms with van der Waals surface area (Å²) in [6.45, 7) is 0.742. The van der Waals surface area contributed by atoms with E-state index in [-0.39, 0.29) is 11.8 Å². The number of para-hydroxylation sites is 2. The lowest BCUT2D eigenvalue weighted by atomic mass is 9.89. The molecule has 1 saturated carbocycles. The van der Waals surface area contributed by atoms with Crippen LogP contribution in [0.2, 0.25) is 0 Å². The molecule has 0 saturated heterocycles. The smallest absolute Gasteiger partial charge is 0.223 e. The molecular weight excluding hydrogens is 262 g/mol. The molecule has 2 N–H and O–H groups in total. The minimum absolute atomic E-state index is 0.249. The second kappa shape index (κ2) is 6.74. The van der Waals surface area contributed by atoms with Crippen LogP contribution in [0.3, 0.4) is 0 Å². The summed E-state index contributed by atoms with van der Waals surface area (Å²) in [4.78, 5) is 19.9. The number of hydrogen-bond acceptors (Lipinski definition) is 2. The van der Waals surface area contributed by atoms with Crippen molar-refractivity contribution in [3.05, 3.63) is 30.1 Å². The molecular formula is C17H23N3O. The van der Waals surface area contributed by atoms with Gasteiger partial charge in [0.2, 0.25) is 5.91 Å². The van der Waals surface area contributed by atoms with Crippen LogP contribution in [0.4, 0.5) is 0 Å². The number of H-pyrrole nitrogens is 1. The number of fused-ring (bicyclic) bond motifs is 1. The van der Waals surface area contributed by atoms with E-state index in [0.717, 1.165) is 49.1 Å². The van der Waals surface area contributed by atoms with Crippen LogP contribution in [0.25, 0.3) is 11.0 Å². The third-order valence-corrected chi connectivity index (χ3v) is 4.30. The fourth-order valence-electron chi connectivity index (χ4n) is 3.10. The molecule has 1 heterocycles. The van der Waals surface area contributed by atoms with Crippen molar-refractivity contribution in [1.82, 2.24) is 15.3 Å². The first kappa shape index (κ1) is 14.1. The number of amides is 1. The average molecular weight is 285 g/mol. The van der Waals surface area contributed by atoms with Crippen molar-refractivity contribution >= 4 is 16.9 Å². The maximum absolute atomic E-state index is 12.0. The van der Waals surface area contributed by atoms with Gasteiger partial charge in [-0.2, -0.15) is 0 Å². The third-order valence-electron chi connectivity index (χ3n) is 4.30. The topological polar surface area (TPSA) is 57.8 Å². The number of aryl methyl sites for hydroxylation is 1. The van der Waals surface area contributed by atoms with E-state index in [1.807, 2.05) is 24.3 Å². The predicted molar refractivity (Wildman–Crippen MR) is 84.0 cm³/mol. The summed E-state index contributed by atoms with van der Waals surface area (Å²) < 4.78 is 0. The van der Waals surface area contributed by atoms with Gasteiger partial charge < -0.3 is 10.3 Å². The first-order chi connectivity index (χ1) is 10.3. The van der Waals surface area contributed by atoms with E-state index in [4.69, 9.17) is 0 Å². The number of carbonyl (C=O) groups is 1. The molecule has 1 aromatic carbocycles.